The van der Waals surface area contributed by atoms with Crippen LogP contribution in [0.25, 0.3) is 11.0 Å². The van der Waals surface area contributed by atoms with Crippen LogP contribution in [-0.2, 0) is 16.1 Å². The van der Waals surface area contributed by atoms with Crippen molar-refractivity contribution in [1.82, 2.24) is 14.5 Å². The fraction of sp³-hybridized carbons (Fsp3) is 0.357. The van der Waals surface area contributed by atoms with Gasteiger partial charge in [0.2, 0.25) is 11.8 Å². The van der Waals surface area contributed by atoms with Crippen LogP contribution in [0, 0.1) is 0 Å². The number of carbonyl (C=O) groups excluding carboxylic acids is 2. The summed E-state index contributed by atoms with van der Waals surface area (Å²) < 4.78 is 9.49. The standard InChI is InChI=1S/C14H12BrN3O4/c15-7-5-9-12-10(6-7)22-4-3-17(12)14(21)18(9)8-1-2-11(19)16-13(8)20/h5-6,8H,1-4H2,(H,16,19,20). The fourth-order valence-electron chi connectivity index (χ4n) is 3.14. The van der Waals surface area contributed by atoms with Crippen molar-refractivity contribution in [2.45, 2.75) is 25.4 Å². The zero-order chi connectivity index (χ0) is 15.4. The molecule has 22 heavy (non-hydrogen) atoms. The van der Waals surface area contributed by atoms with Crippen molar-refractivity contribution in [1.29, 1.82) is 0 Å². The number of imidazole rings is 1. The first-order chi connectivity index (χ1) is 10.6. The second-order valence-electron chi connectivity index (χ2n) is 5.39. The number of amides is 2. The molecule has 2 aromatic rings. The predicted molar refractivity (Wildman–Crippen MR) is 80.8 cm³/mol. The van der Waals surface area contributed by atoms with Crippen molar-refractivity contribution in [3.8, 4) is 5.75 Å². The number of ether oxygens (including phenoxy) is 1. The molecule has 1 N–H and O–H groups in total. The number of hydrogen-bond acceptors (Lipinski definition) is 4. The molecule has 2 aliphatic rings. The van der Waals surface area contributed by atoms with Crippen LogP contribution in [0.1, 0.15) is 18.9 Å². The number of rotatable bonds is 1. The average molecular weight is 366 g/mol. The van der Waals surface area contributed by atoms with Gasteiger partial charge in [-0.05, 0) is 18.6 Å². The number of nitrogens with one attached hydrogen (secondary N) is 1. The third-order valence-electron chi connectivity index (χ3n) is 4.08. The van der Waals surface area contributed by atoms with Crippen LogP contribution in [-0.4, -0.2) is 27.6 Å². The molecular formula is C14H12BrN3O4. The number of piperidine rings is 1. The molecule has 0 saturated carbocycles. The molecule has 7 nitrogen and oxygen atoms in total. The van der Waals surface area contributed by atoms with Crippen molar-refractivity contribution >= 4 is 38.8 Å². The van der Waals surface area contributed by atoms with Gasteiger partial charge >= 0.3 is 5.69 Å². The molecule has 1 unspecified atom stereocenters. The largest absolute Gasteiger partial charge is 0.489 e. The lowest BCUT2D eigenvalue weighted by atomic mass is 10.1. The molecule has 1 aromatic carbocycles. The first kappa shape index (κ1) is 13.6. The van der Waals surface area contributed by atoms with Gasteiger partial charge in [0.1, 0.15) is 23.9 Å². The van der Waals surface area contributed by atoms with Gasteiger partial charge in [-0.15, -0.1) is 0 Å². The first-order valence-electron chi connectivity index (χ1n) is 6.97. The minimum Gasteiger partial charge on any atom is -0.489 e. The zero-order valence-corrected chi connectivity index (χ0v) is 13.1. The van der Waals surface area contributed by atoms with Crippen LogP contribution in [0.3, 0.4) is 0 Å². The molecule has 2 amide bonds. The zero-order valence-electron chi connectivity index (χ0n) is 11.5. The Morgan fingerprint density at radius 2 is 2.09 bits per heavy atom. The Morgan fingerprint density at radius 1 is 1.27 bits per heavy atom. The number of imide groups is 1. The highest BCUT2D eigenvalue weighted by Crippen LogP contribution is 2.34. The van der Waals surface area contributed by atoms with Crippen molar-refractivity contribution in [2.24, 2.45) is 0 Å². The summed E-state index contributed by atoms with van der Waals surface area (Å²) >= 11 is 3.41. The van der Waals surface area contributed by atoms with Gasteiger partial charge < -0.3 is 4.74 Å². The number of aromatic nitrogens is 2. The van der Waals surface area contributed by atoms with Gasteiger partial charge in [0.25, 0.3) is 0 Å². The minimum absolute atomic E-state index is 0.229. The van der Waals surface area contributed by atoms with Crippen molar-refractivity contribution in [3.05, 3.63) is 27.1 Å². The molecule has 8 heteroatoms. The lowest BCUT2D eigenvalue weighted by Crippen LogP contribution is -2.44. The molecule has 0 spiro atoms. The predicted octanol–water partition coefficient (Wildman–Crippen LogP) is 0.936. The molecule has 114 valence electrons. The Labute approximate surface area is 133 Å². The van der Waals surface area contributed by atoms with Gasteiger partial charge in [0.05, 0.1) is 12.1 Å². The average Bonchev–Trinajstić information content (AvgIpc) is 2.74. The molecule has 1 fully saturated rings. The summed E-state index contributed by atoms with van der Waals surface area (Å²) in [5.41, 5.74) is 1.10. The van der Waals surface area contributed by atoms with Gasteiger partial charge in [-0.1, -0.05) is 15.9 Å². The molecule has 0 bridgehead atoms. The number of hydrogen-bond donors (Lipinski definition) is 1. The Hall–Kier alpha value is -2.09. The third kappa shape index (κ3) is 1.83. The van der Waals surface area contributed by atoms with E-state index in [4.69, 9.17) is 4.74 Å². The van der Waals surface area contributed by atoms with Crippen molar-refractivity contribution in [2.75, 3.05) is 6.61 Å². The van der Waals surface area contributed by atoms with Crippen LogP contribution >= 0.6 is 15.9 Å². The molecule has 2 aliphatic heterocycles. The summed E-state index contributed by atoms with van der Waals surface area (Å²) in [6, 6.07) is 2.94. The van der Waals surface area contributed by atoms with Crippen LogP contribution in [0.15, 0.2) is 21.4 Å². The van der Waals surface area contributed by atoms with E-state index in [9.17, 15) is 14.4 Å². The van der Waals surface area contributed by atoms with E-state index in [0.29, 0.717) is 36.4 Å². The van der Waals surface area contributed by atoms with E-state index in [2.05, 4.69) is 21.2 Å². The first-order valence-corrected chi connectivity index (χ1v) is 7.76. The lowest BCUT2D eigenvalue weighted by Gasteiger charge is -2.21. The van der Waals surface area contributed by atoms with E-state index in [1.165, 1.54) is 4.57 Å². The number of carbonyl (C=O) groups is 2. The maximum atomic E-state index is 12.7. The summed E-state index contributed by atoms with van der Waals surface area (Å²) in [6.07, 6.45) is 0.555. The third-order valence-corrected chi connectivity index (χ3v) is 4.54. The molecule has 0 aliphatic carbocycles. The van der Waals surface area contributed by atoms with Crippen LogP contribution < -0.4 is 15.7 Å². The van der Waals surface area contributed by atoms with Crippen LogP contribution in [0.5, 0.6) is 5.75 Å². The minimum atomic E-state index is -0.672. The smallest absolute Gasteiger partial charge is 0.330 e. The monoisotopic (exact) mass is 365 g/mol. The quantitative estimate of drug-likeness (QED) is 0.762. The SMILES string of the molecule is O=C1CCC(n2c(=O)n3c4c(cc(Br)cc42)OCC3)C(=O)N1. The highest BCUT2D eigenvalue weighted by Gasteiger charge is 2.33. The molecule has 3 heterocycles. The summed E-state index contributed by atoms with van der Waals surface area (Å²) in [5.74, 6) is -0.106. The maximum Gasteiger partial charge on any atom is 0.330 e. The second-order valence-corrected chi connectivity index (χ2v) is 6.31. The van der Waals surface area contributed by atoms with E-state index in [-0.39, 0.29) is 18.0 Å². The topological polar surface area (TPSA) is 82.3 Å². The van der Waals surface area contributed by atoms with E-state index in [0.717, 1.165) is 4.47 Å². The highest BCUT2D eigenvalue weighted by molar-refractivity contribution is 9.10. The highest BCUT2D eigenvalue weighted by atomic mass is 79.9. The Bertz CT molecular complexity index is 882. The summed E-state index contributed by atoms with van der Waals surface area (Å²) in [5, 5.41) is 2.30. The van der Waals surface area contributed by atoms with Gasteiger partial charge in [0.15, 0.2) is 0 Å². The lowest BCUT2D eigenvalue weighted by molar-refractivity contribution is -0.135. The second kappa shape index (κ2) is 4.70. The van der Waals surface area contributed by atoms with E-state index in [1.54, 1.807) is 10.6 Å². The molecule has 1 saturated heterocycles. The maximum absolute atomic E-state index is 12.7. The van der Waals surface area contributed by atoms with E-state index >= 15 is 0 Å². The van der Waals surface area contributed by atoms with Gasteiger partial charge in [-0.2, -0.15) is 0 Å². The Morgan fingerprint density at radius 3 is 2.86 bits per heavy atom. The Balaban J connectivity index is 1.99. The van der Waals surface area contributed by atoms with Gasteiger partial charge in [-0.3, -0.25) is 24.0 Å². The molecule has 4 rings (SSSR count). The molecule has 0 radical (unpaired) electrons. The number of halogens is 1. The van der Waals surface area contributed by atoms with E-state index in [1.807, 2.05) is 6.07 Å². The van der Waals surface area contributed by atoms with Gasteiger partial charge in [-0.25, -0.2) is 4.79 Å². The summed E-state index contributed by atoms with van der Waals surface area (Å²) in [6.45, 7) is 0.863. The van der Waals surface area contributed by atoms with Crippen molar-refractivity contribution < 1.29 is 14.3 Å². The Kier molecular flexibility index (Phi) is 2.90. The number of benzene rings is 1. The van der Waals surface area contributed by atoms with Crippen LogP contribution in [0.4, 0.5) is 0 Å². The van der Waals surface area contributed by atoms with Gasteiger partial charge in [0, 0.05) is 10.9 Å². The molecule has 1 aromatic heterocycles. The fourth-order valence-corrected chi connectivity index (χ4v) is 3.56. The number of nitrogens with zero attached hydrogens (tertiary/aromatic N) is 2. The summed E-state index contributed by atoms with van der Waals surface area (Å²) in [7, 11) is 0. The summed E-state index contributed by atoms with van der Waals surface area (Å²) in [4.78, 5) is 36.2. The van der Waals surface area contributed by atoms with Crippen LogP contribution in [0.2, 0.25) is 0 Å². The van der Waals surface area contributed by atoms with Crippen molar-refractivity contribution in [3.63, 3.8) is 0 Å². The van der Waals surface area contributed by atoms with E-state index < -0.39 is 11.9 Å². The molecular weight excluding hydrogens is 354 g/mol. The normalized spacial score (nSPS) is 20.9. The molecule has 1 atom stereocenters.